The van der Waals surface area contributed by atoms with Gasteiger partial charge in [0.15, 0.2) is 0 Å². The van der Waals surface area contributed by atoms with E-state index in [1.807, 2.05) is 29.9 Å². The van der Waals surface area contributed by atoms with E-state index in [1.165, 1.54) is 0 Å². The predicted molar refractivity (Wildman–Crippen MR) is 82.7 cm³/mol. The van der Waals surface area contributed by atoms with Crippen molar-refractivity contribution < 1.29 is 4.79 Å². The number of amides is 1. The molecule has 0 spiro atoms. The first-order valence-electron chi connectivity index (χ1n) is 6.30. The van der Waals surface area contributed by atoms with Crippen LogP contribution in [0.5, 0.6) is 0 Å². The van der Waals surface area contributed by atoms with Gasteiger partial charge in [-0.1, -0.05) is 6.07 Å². The lowest BCUT2D eigenvalue weighted by molar-refractivity contribution is 0.1000. The zero-order chi connectivity index (χ0) is 14.7. The maximum atomic E-state index is 11.3. The van der Waals surface area contributed by atoms with Gasteiger partial charge in [-0.15, -0.1) is 0 Å². The molecule has 20 heavy (non-hydrogen) atoms. The fourth-order valence-corrected chi connectivity index (χ4v) is 2.35. The number of nitrogens with two attached hydrogens (primary N) is 1. The third-order valence-corrected chi connectivity index (χ3v) is 3.39. The Morgan fingerprint density at radius 2 is 2.30 bits per heavy atom. The highest BCUT2D eigenvalue weighted by Gasteiger charge is 2.08. The molecule has 2 rings (SSSR count). The Morgan fingerprint density at radius 1 is 1.55 bits per heavy atom. The molecule has 1 aromatic carbocycles. The minimum Gasteiger partial charge on any atom is -0.381 e. The molecule has 1 heterocycles. The van der Waals surface area contributed by atoms with E-state index < -0.39 is 5.91 Å². The van der Waals surface area contributed by atoms with Gasteiger partial charge in [0, 0.05) is 23.5 Å². The summed E-state index contributed by atoms with van der Waals surface area (Å²) in [5.41, 5.74) is 7.66. The van der Waals surface area contributed by atoms with Crippen LogP contribution in [-0.2, 0) is 6.54 Å². The van der Waals surface area contributed by atoms with E-state index in [0.29, 0.717) is 5.56 Å². The molecule has 0 aliphatic carbocycles. The Morgan fingerprint density at radius 3 is 2.90 bits per heavy atom. The zero-order valence-corrected chi connectivity index (χ0v) is 13.0. The number of anilines is 1. The van der Waals surface area contributed by atoms with Gasteiger partial charge in [-0.25, -0.2) is 0 Å². The van der Waals surface area contributed by atoms with E-state index >= 15 is 0 Å². The van der Waals surface area contributed by atoms with Crippen molar-refractivity contribution in [1.82, 2.24) is 9.78 Å². The van der Waals surface area contributed by atoms with E-state index in [0.717, 1.165) is 22.3 Å². The summed E-state index contributed by atoms with van der Waals surface area (Å²) in [5, 5.41) is 7.55. The molecule has 0 radical (unpaired) electrons. The molecule has 1 amide bonds. The molecule has 1 unspecified atom stereocenters. The number of rotatable bonds is 5. The quantitative estimate of drug-likeness (QED) is 0.881. The summed E-state index contributed by atoms with van der Waals surface area (Å²) in [7, 11) is 0. The Labute approximate surface area is 126 Å². The fourth-order valence-electron chi connectivity index (χ4n) is 2.03. The summed E-state index contributed by atoms with van der Waals surface area (Å²) in [5.74, 6) is -0.408. The number of carbonyl (C=O) groups is 1. The molecular formula is C14H17BrN4O. The molecule has 0 aliphatic heterocycles. The maximum absolute atomic E-state index is 11.3. The summed E-state index contributed by atoms with van der Waals surface area (Å²) < 4.78 is 2.81. The molecule has 106 valence electrons. The number of benzene rings is 1. The van der Waals surface area contributed by atoms with Crippen LogP contribution in [0.3, 0.4) is 0 Å². The number of hydrogen-bond acceptors (Lipinski definition) is 3. The SMILES string of the molecule is Cc1ccc(NC(C)Cn2cc(Br)cn2)cc1C(N)=O. The van der Waals surface area contributed by atoms with Gasteiger partial charge in [-0.05, 0) is 47.5 Å². The number of aromatic nitrogens is 2. The van der Waals surface area contributed by atoms with Crippen LogP contribution < -0.4 is 11.1 Å². The standard InChI is InChI=1S/C14H17BrN4O/c1-9-3-4-12(5-13(9)14(16)20)18-10(2)7-19-8-11(15)6-17-19/h3-6,8,10,18H,7H2,1-2H3,(H2,16,20). The largest absolute Gasteiger partial charge is 0.381 e. The molecule has 1 aromatic heterocycles. The summed E-state index contributed by atoms with van der Waals surface area (Å²) >= 11 is 3.37. The van der Waals surface area contributed by atoms with Crippen molar-refractivity contribution in [3.05, 3.63) is 46.2 Å². The van der Waals surface area contributed by atoms with Gasteiger partial charge in [-0.3, -0.25) is 9.48 Å². The molecule has 0 fully saturated rings. The molecule has 0 saturated heterocycles. The minimum atomic E-state index is -0.408. The molecule has 6 heteroatoms. The van der Waals surface area contributed by atoms with Crippen LogP contribution in [0.15, 0.2) is 35.1 Å². The van der Waals surface area contributed by atoms with Crippen molar-refractivity contribution in [2.45, 2.75) is 26.4 Å². The Bertz CT molecular complexity index is 623. The first-order valence-corrected chi connectivity index (χ1v) is 7.10. The van der Waals surface area contributed by atoms with Gasteiger partial charge in [0.25, 0.3) is 0 Å². The molecule has 1 atom stereocenters. The lowest BCUT2D eigenvalue weighted by atomic mass is 10.1. The van der Waals surface area contributed by atoms with Crippen molar-refractivity contribution in [1.29, 1.82) is 0 Å². The van der Waals surface area contributed by atoms with Crippen LogP contribution in [0.4, 0.5) is 5.69 Å². The minimum absolute atomic E-state index is 0.172. The highest BCUT2D eigenvalue weighted by molar-refractivity contribution is 9.10. The molecule has 3 N–H and O–H groups in total. The van der Waals surface area contributed by atoms with Crippen molar-refractivity contribution in [3.8, 4) is 0 Å². The molecular weight excluding hydrogens is 320 g/mol. The number of primary amides is 1. The molecule has 2 aromatic rings. The third kappa shape index (κ3) is 3.60. The van der Waals surface area contributed by atoms with Crippen LogP contribution >= 0.6 is 15.9 Å². The number of nitrogens with zero attached hydrogens (tertiary/aromatic N) is 2. The van der Waals surface area contributed by atoms with Gasteiger partial charge >= 0.3 is 0 Å². The van der Waals surface area contributed by atoms with Crippen LogP contribution in [0.25, 0.3) is 0 Å². The second-order valence-corrected chi connectivity index (χ2v) is 5.74. The van der Waals surface area contributed by atoms with Crippen LogP contribution in [-0.4, -0.2) is 21.7 Å². The van der Waals surface area contributed by atoms with Crippen LogP contribution in [0, 0.1) is 6.92 Å². The highest BCUT2D eigenvalue weighted by Crippen LogP contribution is 2.16. The van der Waals surface area contributed by atoms with Gasteiger partial charge in [-0.2, -0.15) is 5.10 Å². The highest BCUT2D eigenvalue weighted by atomic mass is 79.9. The maximum Gasteiger partial charge on any atom is 0.249 e. The van der Waals surface area contributed by atoms with Crippen molar-refractivity contribution in [3.63, 3.8) is 0 Å². The summed E-state index contributed by atoms with van der Waals surface area (Å²) in [6.45, 7) is 4.65. The number of hydrogen-bond donors (Lipinski definition) is 2. The summed E-state index contributed by atoms with van der Waals surface area (Å²) in [6, 6.07) is 5.79. The van der Waals surface area contributed by atoms with Crippen molar-refractivity contribution in [2.75, 3.05) is 5.32 Å². The van der Waals surface area contributed by atoms with E-state index in [4.69, 9.17) is 5.73 Å². The predicted octanol–water partition coefficient (Wildman–Crippen LogP) is 2.55. The van der Waals surface area contributed by atoms with Crippen molar-refractivity contribution in [2.24, 2.45) is 5.73 Å². The Balaban J connectivity index is 2.06. The van der Waals surface area contributed by atoms with Crippen LogP contribution in [0.1, 0.15) is 22.8 Å². The van der Waals surface area contributed by atoms with Gasteiger partial charge in [0.2, 0.25) is 5.91 Å². The topological polar surface area (TPSA) is 72.9 Å². The second kappa shape index (κ2) is 6.09. The monoisotopic (exact) mass is 336 g/mol. The van der Waals surface area contributed by atoms with E-state index in [-0.39, 0.29) is 6.04 Å². The molecule has 0 saturated carbocycles. The molecule has 0 aliphatic rings. The normalized spacial score (nSPS) is 12.2. The van der Waals surface area contributed by atoms with E-state index in [2.05, 4.69) is 33.3 Å². The second-order valence-electron chi connectivity index (χ2n) is 4.82. The first kappa shape index (κ1) is 14.6. The molecule has 0 bridgehead atoms. The lowest BCUT2D eigenvalue weighted by Gasteiger charge is -2.16. The Hall–Kier alpha value is -1.82. The average molecular weight is 337 g/mol. The van der Waals surface area contributed by atoms with Gasteiger partial charge in [0.05, 0.1) is 17.2 Å². The first-order chi connectivity index (χ1) is 9.45. The fraction of sp³-hybridized carbons (Fsp3) is 0.286. The third-order valence-electron chi connectivity index (χ3n) is 2.98. The smallest absolute Gasteiger partial charge is 0.249 e. The summed E-state index contributed by atoms with van der Waals surface area (Å²) in [6.07, 6.45) is 3.67. The lowest BCUT2D eigenvalue weighted by Crippen LogP contribution is -2.22. The van der Waals surface area contributed by atoms with Crippen molar-refractivity contribution >= 4 is 27.5 Å². The van der Waals surface area contributed by atoms with Gasteiger partial charge in [0.1, 0.15) is 0 Å². The van der Waals surface area contributed by atoms with E-state index in [9.17, 15) is 4.79 Å². The molecule has 5 nitrogen and oxygen atoms in total. The zero-order valence-electron chi connectivity index (χ0n) is 11.4. The number of halogens is 1. The average Bonchev–Trinajstić information content (AvgIpc) is 2.76. The summed E-state index contributed by atoms with van der Waals surface area (Å²) in [4.78, 5) is 11.3. The number of aryl methyl sites for hydroxylation is 1. The number of carbonyl (C=O) groups excluding carboxylic acids is 1. The number of nitrogens with one attached hydrogen (secondary N) is 1. The van der Waals surface area contributed by atoms with Gasteiger partial charge < -0.3 is 11.1 Å². The van der Waals surface area contributed by atoms with E-state index in [1.54, 1.807) is 12.3 Å². The van der Waals surface area contributed by atoms with Crippen LogP contribution in [0.2, 0.25) is 0 Å². The Kier molecular flexibility index (Phi) is 4.44.